The van der Waals surface area contributed by atoms with Crippen molar-refractivity contribution < 1.29 is 9.47 Å². The van der Waals surface area contributed by atoms with Crippen molar-refractivity contribution in [2.24, 2.45) is 0 Å². The Balaban J connectivity index is 1.28. The molecule has 0 amide bonds. The Kier molecular flexibility index (Phi) is 7.83. The van der Waals surface area contributed by atoms with Gasteiger partial charge in [0.2, 0.25) is 0 Å². The van der Waals surface area contributed by atoms with Crippen molar-refractivity contribution in [2.45, 2.75) is 51.7 Å². The lowest BCUT2D eigenvalue weighted by molar-refractivity contribution is 0.0805. The molecule has 2 aliphatic rings. The van der Waals surface area contributed by atoms with E-state index in [9.17, 15) is 0 Å². The summed E-state index contributed by atoms with van der Waals surface area (Å²) in [5.74, 6) is 4.27. The summed E-state index contributed by atoms with van der Waals surface area (Å²) in [6.07, 6.45) is 7.31. The number of piperidine rings is 1. The molecule has 2 aromatic carbocycles. The average molecular weight is 580 g/mol. The van der Waals surface area contributed by atoms with Crippen LogP contribution in [0.25, 0.3) is 10.9 Å². The molecular weight excluding hydrogens is 538 g/mol. The molecule has 43 heavy (non-hydrogen) atoms. The van der Waals surface area contributed by atoms with Gasteiger partial charge in [0.25, 0.3) is 0 Å². The van der Waals surface area contributed by atoms with Crippen LogP contribution in [0.5, 0.6) is 17.2 Å². The standard InChI is InChI=1S/C34H41N7O2/c1-8-21(3)25-17-24(11-12-27(25)40(6)9-2)42-29-13-10-23(16-22(29)4)38-33-31-26(36-20-37-33)18-35-34-32(31)43-30-14-15-39(5)19-28(30)41(34)7/h9-13,16-18,20-21,28,30H,2,8,14-15,19H2,1,3-7H3,(H,36,37,38). The summed E-state index contributed by atoms with van der Waals surface area (Å²) in [6, 6.07) is 12.6. The zero-order chi connectivity index (χ0) is 30.2. The Hall–Kier alpha value is -4.37. The number of nitrogens with one attached hydrogen (secondary N) is 1. The number of benzene rings is 2. The molecule has 0 bridgehead atoms. The molecule has 1 saturated heterocycles. The molecule has 4 heterocycles. The van der Waals surface area contributed by atoms with Crippen molar-refractivity contribution in [3.63, 3.8) is 0 Å². The fraction of sp³-hybridized carbons (Fsp3) is 0.382. The second kappa shape index (κ2) is 11.7. The summed E-state index contributed by atoms with van der Waals surface area (Å²) in [7, 11) is 6.28. The van der Waals surface area contributed by atoms with E-state index in [1.807, 2.05) is 37.6 Å². The van der Waals surface area contributed by atoms with Gasteiger partial charge in [-0.15, -0.1) is 0 Å². The number of ether oxygens (including phenoxy) is 2. The predicted octanol–water partition coefficient (Wildman–Crippen LogP) is 6.86. The number of aryl methyl sites for hydroxylation is 1. The van der Waals surface area contributed by atoms with Crippen LogP contribution in [0.2, 0.25) is 0 Å². The predicted molar refractivity (Wildman–Crippen MR) is 174 cm³/mol. The Labute approximate surface area is 254 Å². The fourth-order valence-corrected chi connectivity index (χ4v) is 6.09. The van der Waals surface area contributed by atoms with Crippen LogP contribution in [-0.2, 0) is 0 Å². The van der Waals surface area contributed by atoms with Crippen molar-refractivity contribution in [1.29, 1.82) is 0 Å². The van der Waals surface area contributed by atoms with Crippen molar-refractivity contribution in [3.05, 3.63) is 72.8 Å². The number of fused-ring (bicyclic) bond motifs is 4. The van der Waals surface area contributed by atoms with Gasteiger partial charge in [-0.05, 0) is 86.5 Å². The lowest BCUT2D eigenvalue weighted by atomic mass is 9.96. The third-order valence-electron chi connectivity index (χ3n) is 8.90. The number of hydrogen-bond donors (Lipinski definition) is 1. The molecule has 0 aliphatic carbocycles. The normalized spacial score (nSPS) is 18.8. The van der Waals surface area contributed by atoms with Gasteiger partial charge in [0.15, 0.2) is 11.6 Å². The molecule has 6 rings (SSSR count). The van der Waals surface area contributed by atoms with Crippen LogP contribution in [0.4, 0.5) is 23.0 Å². The summed E-state index contributed by atoms with van der Waals surface area (Å²) in [6.45, 7) is 12.4. The number of hydrogen-bond acceptors (Lipinski definition) is 9. The van der Waals surface area contributed by atoms with E-state index in [2.05, 4.69) is 89.6 Å². The number of pyridine rings is 1. The molecule has 1 N–H and O–H groups in total. The number of likely N-dealkylation sites (N-methyl/N-ethyl adjacent to an activating group) is 2. The summed E-state index contributed by atoms with van der Waals surface area (Å²) < 4.78 is 13.0. The third kappa shape index (κ3) is 5.45. The van der Waals surface area contributed by atoms with Gasteiger partial charge in [-0.3, -0.25) is 0 Å². The van der Waals surface area contributed by atoms with Crippen LogP contribution in [-0.4, -0.2) is 66.2 Å². The second-order valence-corrected chi connectivity index (χ2v) is 11.8. The molecule has 3 atom stereocenters. The van der Waals surface area contributed by atoms with E-state index < -0.39 is 0 Å². The van der Waals surface area contributed by atoms with Gasteiger partial charge in [-0.1, -0.05) is 20.4 Å². The van der Waals surface area contributed by atoms with Crippen molar-refractivity contribution >= 4 is 33.9 Å². The smallest absolute Gasteiger partial charge is 0.175 e. The van der Waals surface area contributed by atoms with Crippen LogP contribution in [0.1, 0.15) is 43.7 Å². The first kappa shape index (κ1) is 28.7. The van der Waals surface area contributed by atoms with Gasteiger partial charge in [0, 0.05) is 38.6 Å². The maximum absolute atomic E-state index is 6.64. The van der Waals surface area contributed by atoms with E-state index >= 15 is 0 Å². The first-order chi connectivity index (χ1) is 20.8. The lowest BCUT2D eigenvalue weighted by Crippen LogP contribution is -2.57. The quantitative estimate of drug-likeness (QED) is 0.241. The minimum atomic E-state index is 0.0971. The van der Waals surface area contributed by atoms with Gasteiger partial charge in [0.1, 0.15) is 29.7 Å². The van der Waals surface area contributed by atoms with Crippen molar-refractivity contribution in [2.75, 3.05) is 49.3 Å². The maximum Gasteiger partial charge on any atom is 0.175 e. The van der Waals surface area contributed by atoms with Crippen LogP contribution in [0, 0.1) is 6.92 Å². The van der Waals surface area contributed by atoms with Crippen molar-refractivity contribution in [3.8, 4) is 17.2 Å². The molecule has 0 radical (unpaired) electrons. The average Bonchev–Trinajstić information content (AvgIpc) is 3.02. The Bertz CT molecular complexity index is 1660. The topological polar surface area (TPSA) is 78.9 Å². The largest absolute Gasteiger partial charge is 0.483 e. The zero-order valence-electron chi connectivity index (χ0n) is 26.0. The molecule has 4 aromatic rings. The van der Waals surface area contributed by atoms with E-state index in [4.69, 9.17) is 14.5 Å². The Morgan fingerprint density at radius 1 is 1.19 bits per heavy atom. The van der Waals surface area contributed by atoms with Crippen molar-refractivity contribution in [1.82, 2.24) is 19.9 Å². The Morgan fingerprint density at radius 3 is 2.79 bits per heavy atom. The molecule has 9 nitrogen and oxygen atoms in total. The number of anilines is 4. The van der Waals surface area contributed by atoms with Gasteiger partial charge >= 0.3 is 0 Å². The monoisotopic (exact) mass is 579 g/mol. The minimum absolute atomic E-state index is 0.0971. The second-order valence-electron chi connectivity index (χ2n) is 11.8. The third-order valence-corrected chi connectivity index (χ3v) is 8.90. The SMILES string of the molecule is C=CN(C)c1ccc(Oc2ccc(Nc3ncnc4cnc5c(c34)OC3CCN(C)CC3N5C)cc2C)cc1C(C)CC. The highest BCUT2D eigenvalue weighted by atomic mass is 16.5. The molecule has 2 aromatic heterocycles. The summed E-state index contributed by atoms with van der Waals surface area (Å²) in [4.78, 5) is 20.5. The number of rotatable bonds is 8. The van der Waals surface area contributed by atoms with Crippen LogP contribution in [0.15, 0.2) is 61.7 Å². The molecule has 224 valence electrons. The molecule has 9 heteroatoms. The molecule has 2 aliphatic heterocycles. The zero-order valence-corrected chi connectivity index (χ0v) is 26.0. The van der Waals surface area contributed by atoms with Crippen LogP contribution < -0.4 is 24.6 Å². The van der Waals surface area contributed by atoms with Crippen LogP contribution >= 0.6 is 0 Å². The Morgan fingerprint density at radius 2 is 2.02 bits per heavy atom. The summed E-state index contributed by atoms with van der Waals surface area (Å²) in [5.41, 5.74) is 5.04. The summed E-state index contributed by atoms with van der Waals surface area (Å²) in [5, 5.41) is 4.37. The van der Waals surface area contributed by atoms with Gasteiger partial charge in [0.05, 0.1) is 23.1 Å². The maximum atomic E-state index is 6.64. The molecule has 3 unspecified atom stereocenters. The molecule has 0 spiro atoms. The van der Waals surface area contributed by atoms with E-state index in [1.54, 1.807) is 6.33 Å². The molecule has 1 fully saturated rings. The van der Waals surface area contributed by atoms with Gasteiger partial charge in [-0.25, -0.2) is 15.0 Å². The first-order valence-electron chi connectivity index (χ1n) is 15.0. The van der Waals surface area contributed by atoms with E-state index in [0.29, 0.717) is 11.7 Å². The number of aromatic nitrogens is 3. The van der Waals surface area contributed by atoms with E-state index in [0.717, 1.165) is 76.8 Å². The molecular formula is C34H41N7O2. The number of nitrogens with zero attached hydrogens (tertiary/aromatic N) is 6. The number of likely N-dealkylation sites (tertiary alicyclic amines) is 1. The highest BCUT2D eigenvalue weighted by Gasteiger charge is 2.39. The van der Waals surface area contributed by atoms with E-state index in [1.165, 1.54) is 5.56 Å². The first-order valence-corrected chi connectivity index (χ1v) is 15.0. The summed E-state index contributed by atoms with van der Waals surface area (Å²) >= 11 is 0. The molecule has 0 saturated carbocycles. The fourth-order valence-electron chi connectivity index (χ4n) is 6.09. The van der Waals surface area contributed by atoms with Gasteiger partial charge in [-0.2, -0.15) is 0 Å². The highest BCUT2D eigenvalue weighted by Crippen LogP contribution is 2.43. The van der Waals surface area contributed by atoms with Crippen LogP contribution in [0.3, 0.4) is 0 Å². The highest BCUT2D eigenvalue weighted by molar-refractivity contribution is 5.98. The minimum Gasteiger partial charge on any atom is -0.483 e. The van der Waals surface area contributed by atoms with Gasteiger partial charge < -0.3 is 29.5 Å². The lowest BCUT2D eigenvalue weighted by Gasteiger charge is -2.45. The van der Waals surface area contributed by atoms with E-state index in [-0.39, 0.29) is 12.1 Å².